The Hall–Kier alpha value is -1.36. The summed E-state index contributed by atoms with van der Waals surface area (Å²) in [5.74, 6) is 0.405. The van der Waals surface area contributed by atoms with Gasteiger partial charge in [-0.25, -0.2) is 9.97 Å². The number of nitrogens with zero attached hydrogens (tertiary/aromatic N) is 2. The van der Waals surface area contributed by atoms with Crippen LogP contribution < -0.4 is 10.5 Å². The molecule has 0 bridgehead atoms. The number of ether oxygens (including phenoxy) is 2. The number of rotatable bonds is 4. The molecule has 0 aliphatic rings. The van der Waals surface area contributed by atoms with E-state index < -0.39 is 0 Å². The van der Waals surface area contributed by atoms with Crippen LogP contribution in [-0.2, 0) is 4.74 Å². The van der Waals surface area contributed by atoms with Crippen LogP contribution in [0.15, 0.2) is 12.5 Å². The Labute approximate surface area is 89.6 Å². The standard InChI is InChI=1S/C10H17N3O2/c1-10(2,3)15-5-4-14-9-8(11)6-12-7-13-9/h6-7H,4-5,11H2,1-3H3. The molecule has 1 rings (SSSR count). The van der Waals surface area contributed by atoms with Gasteiger partial charge in [0.25, 0.3) is 0 Å². The minimum atomic E-state index is -0.152. The zero-order valence-electron chi connectivity index (χ0n) is 9.36. The monoisotopic (exact) mass is 211 g/mol. The van der Waals surface area contributed by atoms with Gasteiger partial charge in [0.15, 0.2) is 0 Å². The summed E-state index contributed by atoms with van der Waals surface area (Å²) >= 11 is 0. The average Bonchev–Trinajstić information content (AvgIpc) is 2.13. The first-order valence-corrected chi connectivity index (χ1v) is 4.81. The van der Waals surface area contributed by atoms with Crippen molar-refractivity contribution in [2.45, 2.75) is 26.4 Å². The summed E-state index contributed by atoms with van der Waals surface area (Å²) in [5, 5.41) is 0. The number of anilines is 1. The van der Waals surface area contributed by atoms with E-state index >= 15 is 0 Å². The van der Waals surface area contributed by atoms with Crippen LogP contribution in [0.1, 0.15) is 20.8 Å². The van der Waals surface area contributed by atoms with Crippen LogP contribution >= 0.6 is 0 Å². The molecule has 5 heteroatoms. The molecule has 1 aromatic heterocycles. The van der Waals surface area contributed by atoms with E-state index in [9.17, 15) is 0 Å². The largest absolute Gasteiger partial charge is 0.474 e. The molecule has 0 radical (unpaired) electrons. The number of aromatic nitrogens is 2. The Bertz CT molecular complexity index is 310. The van der Waals surface area contributed by atoms with E-state index in [1.165, 1.54) is 12.5 Å². The molecule has 1 heterocycles. The summed E-state index contributed by atoms with van der Waals surface area (Å²) in [4.78, 5) is 7.66. The Morgan fingerprint density at radius 1 is 1.33 bits per heavy atom. The number of nitrogens with two attached hydrogens (primary N) is 1. The average molecular weight is 211 g/mol. The maximum Gasteiger partial charge on any atom is 0.240 e. The van der Waals surface area contributed by atoms with Crippen molar-refractivity contribution in [3.63, 3.8) is 0 Å². The first-order chi connectivity index (χ1) is 6.99. The van der Waals surface area contributed by atoms with E-state index in [0.29, 0.717) is 24.8 Å². The van der Waals surface area contributed by atoms with E-state index in [-0.39, 0.29) is 5.60 Å². The third kappa shape index (κ3) is 4.60. The molecule has 0 aromatic carbocycles. The van der Waals surface area contributed by atoms with E-state index in [2.05, 4.69) is 9.97 Å². The van der Waals surface area contributed by atoms with Gasteiger partial charge in [-0.3, -0.25) is 0 Å². The highest BCUT2D eigenvalue weighted by molar-refractivity contribution is 5.44. The van der Waals surface area contributed by atoms with Gasteiger partial charge in [-0.05, 0) is 20.8 Å². The van der Waals surface area contributed by atoms with E-state index in [1.54, 1.807) is 0 Å². The maximum atomic E-state index is 5.60. The zero-order valence-corrected chi connectivity index (χ0v) is 9.36. The van der Waals surface area contributed by atoms with Gasteiger partial charge in [-0.15, -0.1) is 0 Å². The highest BCUT2D eigenvalue weighted by Gasteiger charge is 2.09. The lowest BCUT2D eigenvalue weighted by Gasteiger charge is -2.19. The van der Waals surface area contributed by atoms with Gasteiger partial charge in [0.1, 0.15) is 18.6 Å². The molecule has 2 N–H and O–H groups in total. The van der Waals surface area contributed by atoms with Crippen LogP contribution in [0.3, 0.4) is 0 Å². The van der Waals surface area contributed by atoms with Crippen LogP contribution in [0, 0.1) is 0 Å². The van der Waals surface area contributed by atoms with Crippen LogP contribution in [0.4, 0.5) is 5.69 Å². The highest BCUT2D eigenvalue weighted by Crippen LogP contribution is 2.14. The molecule has 0 fully saturated rings. The fraction of sp³-hybridized carbons (Fsp3) is 0.600. The molecule has 0 aliphatic carbocycles. The lowest BCUT2D eigenvalue weighted by atomic mass is 10.2. The van der Waals surface area contributed by atoms with Crippen molar-refractivity contribution in [3.8, 4) is 5.88 Å². The fourth-order valence-corrected chi connectivity index (χ4v) is 0.936. The lowest BCUT2D eigenvalue weighted by Crippen LogP contribution is -2.22. The molecule has 5 nitrogen and oxygen atoms in total. The van der Waals surface area contributed by atoms with Gasteiger partial charge in [-0.1, -0.05) is 0 Å². The SMILES string of the molecule is CC(C)(C)OCCOc1ncncc1N. The van der Waals surface area contributed by atoms with Crippen molar-refractivity contribution < 1.29 is 9.47 Å². The van der Waals surface area contributed by atoms with Crippen LogP contribution in [0.2, 0.25) is 0 Å². The van der Waals surface area contributed by atoms with Gasteiger partial charge < -0.3 is 15.2 Å². The number of nitrogen functional groups attached to an aromatic ring is 1. The van der Waals surface area contributed by atoms with Crippen molar-refractivity contribution in [1.29, 1.82) is 0 Å². The predicted molar refractivity (Wildman–Crippen MR) is 57.6 cm³/mol. The summed E-state index contributed by atoms with van der Waals surface area (Å²) < 4.78 is 10.8. The second-order valence-electron chi connectivity index (χ2n) is 4.09. The molecular weight excluding hydrogens is 194 g/mol. The quantitative estimate of drug-likeness (QED) is 0.759. The summed E-state index contributed by atoms with van der Waals surface area (Å²) in [6.07, 6.45) is 2.91. The molecule has 0 aliphatic heterocycles. The van der Waals surface area contributed by atoms with E-state index in [1.807, 2.05) is 20.8 Å². The minimum absolute atomic E-state index is 0.152. The van der Waals surface area contributed by atoms with E-state index in [0.717, 1.165) is 0 Å². The summed E-state index contributed by atoms with van der Waals surface area (Å²) in [6.45, 7) is 6.91. The first kappa shape index (κ1) is 11.7. The first-order valence-electron chi connectivity index (χ1n) is 4.81. The van der Waals surface area contributed by atoms with Gasteiger partial charge in [0.05, 0.1) is 18.4 Å². The highest BCUT2D eigenvalue weighted by atomic mass is 16.5. The van der Waals surface area contributed by atoms with Gasteiger partial charge in [0, 0.05) is 0 Å². The third-order valence-electron chi connectivity index (χ3n) is 1.56. The minimum Gasteiger partial charge on any atom is -0.474 e. The summed E-state index contributed by atoms with van der Waals surface area (Å²) in [6, 6.07) is 0. The normalized spacial score (nSPS) is 11.4. The second kappa shape index (κ2) is 4.93. The molecule has 0 atom stereocenters. The summed E-state index contributed by atoms with van der Waals surface area (Å²) in [7, 11) is 0. The smallest absolute Gasteiger partial charge is 0.240 e. The van der Waals surface area contributed by atoms with Crippen LogP contribution in [0.5, 0.6) is 5.88 Å². The van der Waals surface area contributed by atoms with Crippen molar-refractivity contribution in [3.05, 3.63) is 12.5 Å². The molecule has 0 saturated carbocycles. The van der Waals surface area contributed by atoms with E-state index in [4.69, 9.17) is 15.2 Å². The molecular formula is C10H17N3O2. The Morgan fingerprint density at radius 3 is 2.67 bits per heavy atom. The van der Waals surface area contributed by atoms with Crippen molar-refractivity contribution in [2.24, 2.45) is 0 Å². The fourth-order valence-electron chi connectivity index (χ4n) is 0.936. The Morgan fingerprint density at radius 2 is 2.07 bits per heavy atom. The van der Waals surface area contributed by atoms with Crippen molar-refractivity contribution >= 4 is 5.69 Å². The molecule has 84 valence electrons. The maximum absolute atomic E-state index is 5.60. The van der Waals surface area contributed by atoms with Crippen molar-refractivity contribution in [1.82, 2.24) is 9.97 Å². The van der Waals surface area contributed by atoms with Crippen LogP contribution in [-0.4, -0.2) is 28.8 Å². The molecule has 0 spiro atoms. The van der Waals surface area contributed by atoms with Gasteiger partial charge in [-0.2, -0.15) is 0 Å². The summed E-state index contributed by atoms with van der Waals surface area (Å²) in [5.41, 5.74) is 5.88. The topological polar surface area (TPSA) is 70.3 Å². The zero-order chi connectivity index (χ0) is 11.3. The predicted octanol–water partition coefficient (Wildman–Crippen LogP) is 1.25. The number of hydrogen-bond donors (Lipinski definition) is 1. The molecule has 0 saturated heterocycles. The van der Waals surface area contributed by atoms with Crippen LogP contribution in [0.25, 0.3) is 0 Å². The Kier molecular flexibility index (Phi) is 3.85. The van der Waals surface area contributed by atoms with Gasteiger partial charge in [0.2, 0.25) is 5.88 Å². The van der Waals surface area contributed by atoms with Gasteiger partial charge >= 0.3 is 0 Å². The van der Waals surface area contributed by atoms with Crippen molar-refractivity contribution in [2.75, 3.05) is 18.9 Å². The molecule has 1 aromatic rings. The molecule has 0 unspecified atom stereocenters. The molecule has 15 heavy (non-hydrogen) atoms. The molecule has 0 amide bonds. The third-order valence-corrected chi connectivity index (χ3v) is 1.56. The second-order valence-corrected chi connectivity index (χ2v) is 4.09. The lowest BCUT2D eigenvalue weighted by molar-refractivity contribution is -0.0167. The Balaban J connectivity index is 2.30. The number of hydrogen-bond acceptors (Lipinski definition) is 5.